The van der Waals surface area contributed by atoms with Gasteiger partial charge in [0.15, 0.2) is 0 Å². The fraction of sp³-hybridized carbons (Fsp3) is 0.562. The Morgan fingerprint density at radius 2 is 1.95 bits per heavy atom. The standard InChI is InChI=1S/C16H26N2O2/c1-12(15(19)17-10-11-20-5)18-14-9-7-6-8-13(14)16(2,3)4/h6-9,12,18H,10-11H2,1-5H3,(H,17,19). The first kappa shape index (κ1) is 16.5. The third-order valence-corrected chi connectivity index (χ3v) is 3.11. The lowest BCUT2D eigenvalue weighted by Gasteiger charge is -2.25. The molecule has 0 aliphatic heterocycles. The van der Waals surface area contributed by atoms with Crippen molar-refractivity contribution >= 4 is 11.6 Å². The summed E-state index contributed by atoms with van der Waals surface area (Å²) in [6, 6.07) is 7.83. The van der Waals surface area contributed by atoms with Crippen molar-refractivity contribution < 1.29 is 9.53 Å². The Labute approximate surface area is 121 Å². The number of hydrogen-bond acceptors (Lipinski definition) is 3. The van der Waals surface area contributed by atoms with Crippen LogP contribution in [0.25, 0.3) is 0 Å². The van der Waals surface area contributed by atoms with E-state index >= 15 is 0 Å². The number of nitrogens with one attached hydrogen (secondary N) is 2. The highest BCUT2D eigenvalue weighted by Gasteiger charge is 2.20. The van der Waals surface area contributed by atoms with Crippen LogP contribution < -0.4 is 10.6 Å². The zero-order valence-electron chi connectivity index (χ0n) is 13.1. The van der Waals surface area contributed by atoms with E-state index in [1.165, 1.54) is 5.56 Å². The van der Waals surface area contributed by atoms with Crippen LogP contribution in [0.2, 0.25) is 0 Å². The van der Waals surface area contributed by atoms with Gasteiger partial charge in [-0.15, -0.1) is 0 Å². The summed E-state index contributed by atoms with van der Waals surface area (Å²) in [5.41, 5.74) is 2.25. The van der Waals surface area contributed by atoms with Crippen molar-refractivity contribution in [2.45, 2.75) is 39.2 Å². The van der Waals surface area contributed by atoms with Gasteiger partial charge in [0.25, 0.3) is 0 Å². The molecule has 1 amide bonds. The fourth-order valence-corrected chi connectivity index (χ4v) is 1.99. The number of ether oxygens (including phenoxy) is 1. The predicted molar refractivity (Wildman–Crippen MR) is 83.1 cm³/mol. The molecule has 4 heteroatoms. The van der Waals surface area contributed by atoms with E-state index in [1.807, 2.05) is 25.1 Å². The third kappa shape index (κ3) is 4.85. The third-order valence-electron chi connectivity index (χ3n) is 3.11. The first-order valence-corrected chi connectivity index (χ1v) is 6.99. The normalized spacial score (nSPS) is 12.8. The number of para-hydroxylation sites is 1. The minimum Gasteiger partial charge on any atom is -0.383 e. The van der Waals surface area contributed by atoms with Gasteiger partial charge in [0.1, 0.15) is 6.04 Å². The number of rotatable bonds is 6. The highest BCUT2D eigenvalue weighted by Crippen LogP contribution is 2.29. The molecular formula is C16H26N2O2. The summed E-state index contributed by atoms with van der Waals surface area (Å²) in [5.74, 6) is -0.0224. The first-order valence-electron chi connectivity index (χ1n) is 6.99. The van der Waals surface area contributed by atoms with Crippen molar-refractivity contribution in [3.05, 3.63) is 29.8 Å². The summed E-state index contributed by atoms with van der Waals surface area (Å²) in [7, 11) is 1.62. The van der Waals surface area contributed by atoms with Gasteiger partial charge in [-0.2, -0.15) is 0 Å². The van der Waals surface area contributed by atoms with Crippen LogP contribution in [0.4, 0.5) is 5.69 Å². The predicted octanol–water partition coefficient (Wildman–Crippen LogP) is 2.55. The molecule has 0 bridgehead atoms. The highest BCUT2D eigenvalue weighted by atomic mass is 16.5. The molecule has 0 heterocycles. The average Bonchev–Trinajstić information content (AvgIpc) is 2.38. The topological polar surface area (TPSA) is 50.4 Å². The van der Waals surface area contributed by atoms with E-state index in [9.17, 15) is 4.79 Å². The molecule has 0 aliphatic carbocycles. The van der Waals surface area contributed by atoms with Crippen molar-refractivity contribution in [3.63, 3.8) is 0 Å². The van der Waals surface area contributed by atoms with Gasteiger partial charge in [-0.1, -0.05) is 39.0 Å². The Balaban J connectivity index is 2.71. The van der Waals surface area contributed by atoms with Crippen molar-refractivity contribution in [2.24, 2.45) is 0 Å². The highest BCUT2D eigenvalue weighted by molar-refractivity contribution is 5.84. The molecule has 0 spiro atoms. The van der Waals surface area contributed by atoms with Crippen LogP contribution in [0.1, 0.15) is 33.3 Å². The average molecular weight is 278 g/mol. The van der Waals surface area contributed by atoms with E-state index in [0.717, 1.165) is 5.69 Å². The van der Waals surface area contributed by atoms with Crippen LogP contribution in [0.5, 0.6) is 0 Å². The molecule has 4 nitrogen and oxygen atoms in total. The zero-order chi connectivity index (χ0) is 15.2. The Bertz CT molecular complexity index is 438. The molecule has 112 valence electrons. The summed E-state index contributed by atoms with van der Waals surface area (Å²) < 4.78 is 4.92. The van der Waals surface area contributed by atoms with Crippen LogP contribution in [0.15, 0.2) is 24.3 Å². The molecular weight excluding hydrogens is 252 g/mol. The lowest BCUT2D eigenvalue weighted by atomic mass is 9.85. The maximum atomic E-state index is 12.0. The molecule has 2 N–H and O–H groups in total. The van der Waals surface area contributed by atoms with Crippen molar-refractivity contribution in [2.75, 3.05) is 25.6 Å². The number of carbonyl (C=O) groups is 1. The van der Waals surface area contributed by atoms with Crippen LogP contribution in [-0.4, -0.2) is 32.2 Å². The number of amides is 1. The maximum Gasteiger partial charge on any atom is 0.242 e. The molecule has 1 unspecified atom stereocenters. The van der Waals surface area contributed by atoms with Gasteiger partial charge in [0.05, 0.1) is 6.61 Å². The molecule has 0 radical (unpaired) electrons. The lowest BCUT2D eigenvalue weighted by Crippen LogP contribution is -2.39. The molecule has 1 aromatic rings. The van der Waals surface area contributed by atoms with Gasteiger partial charge >= 0.3 is 0 Å². The minimum absolute atomic E-state index is 0.0224. The van der Waals surface area contributed by atoms with E-state index in [0.29, 0.717) is 13.2 Å². The number of carbonyl (C=O) groups excluding carboxylic acids is 1. The summed E-state index contributed by atoms with van der Waals surface area (Å²) >= 11 is 0. The zero-order valence-corrected chi connectivity index (χ0v) is 13.1. The van der Waals surface area contributed by atoms with Gasteiger partial charge in [-0.05, 0) is 24.0 Å². The van der Waals surface area contributed by atoms with Crippen molar-refractivity contribution in [3.8, 4) is 0 Å². The van der Waals surface area contributed by atoms with E-state index in [2.05, 4.69) is 37.5 Å². The Kier molecular flexibility index (Phi) is 6.02. The molecule has 0 saturated carbocycles. The molecule has 0 aromatic heterocycles. The van der Waals surface area contributed by atoms with Crippen LogP contribution in [0, 0.1) is 0 Å². The second-order valence-corrected chi connectivity index (χ2v) is 5.95. The SMILES string of the molecule is COCCNC(=O)C(C)Nc1ccccc1C(C)(C)C. The largest absolute Gasteiger partial charge is 0.383 e. The van der Waals surface area contributed by atoms with Crippen LogP contribution in [-0.2, 0) is 14.9 Å². The Morgan fingerprint density at radius 3 is 2.55 bits per heavy atom. The number of benzene rings is 1. The van der Waals surface area contributed by atoms with Gasteiger partial charge in [-0.25, -0.2) is 0 Å². The first-order chi connectivity index (χ1) is 9.36. The van der Waals surface area contributed by atoms with E-state index in [1.54, 1.807) is 7.11 Å². The summed E-state index contributed by atoms with van der Waals surface area (Å²) in [4.78, 5) is 12.0. The summed E-state index contributed by atoms with van der Waals surface area (Å²) in [6.45, 7) is 9.41. The second kappa shape index (κ2) is 7.29. The van der Waals surface area contributed by atoms with Crippen molar-refractivity contribution in [1.82, 2.24) is 5.32 Å². The number of hydrogen-bond donors (Lipinski definition) is 2. The quantitative estimate of drug-likeness (QED) is 0.786. The lowest BCUT2D eigenvalue weighted by molar-refractivity contribution is -0.121. The summed E-state index contributed by atoms with van der Waals surface area (Å²) in [5, 5.41) is 6.13. The molecule has 0 aliphatic rings. The molecule has 1 aromatic carbocycles. The van der Waals surface area contributed by atoms with E-state index < -0.39 is 0 Å². The summed E-state index contributed by atoms with van der Waals surface area (Å²) in [6.07, 6.45) is 0. The van der Waals surface area contributed by atoms with Gasteiger partial charge in [0.2, 0.25) is 5.91 Å². The maximum absolute atomic E-state index is 12.0. The molecule has 20 heavy (non-hydrogen) atoms. The smallest absolute Gasteiger partial charge is 0.242 e. The second-order valence-electron chi connectivity index (χ2n) is 5.95. The molecule has 1 rings (SSSR count). The monoisotopic (exact) mass is 278 g/mol. The van der Waals surface area contributed by atoms with Gasteiger partial charge in [0, 0.05) is 19.3 Å². The fourth-order valence-electron chi connectivity index (χ4n) is 1.99. The Hall–Kier alpha value is -1.55. The van der Waals surface area contributed by atoms with Crippen LogP contribution in [0.3, 0.4) is 0 Å². The number of anilines is 1. The minimum atomic E-state index is -0.282. The Morgan fingerprint density at radius 1 is 1.30 bits per heavy atom. The molecule has 0 saturated heterocycles. The number of methoxy groups -OCH3 is 1. The van der Waals surface area contributed by atoms with E-state index in [4.69, 9.17) is 4.74 Å². The van der Waals surface area contributed by atoms with Crippen molar-refractivity contribution in [1.29, 1.82) is 0 Å². The van der Waals surface area contributed by atoms with Gasteiger partial charge in [-0.3, -0.25) is 4.79 Å². The van der Waals surface area contributed by atoms with Gasteiger partial charge < -0.3 is 15.4 Å². The van der Waals surface area contributed by atoms with E-state index in [-0.39, 0.29) is 17.4 Å². The molecule has 1 atom stereocenters. The molecule has 0 fully saturated rings. The van der Waals surface area contributed by atoms with Crippen LogP contribution >= 0.6 is 0 Å².